The van der Waals surface area contributed by atoms with Gasteiger partial charge in [0, 0.05) is 13.1 Å². The lowest BCUT2D eigenvalue weighted by atomic mass is 9.78. The van der Waals surface area contributed by atoms with E-state index in [1.165, 1.54) is 12.8 Å². The molecule has 0 aromatic carbocycles. The first-order valence-electron chi connectivity index (χ1n) is 6.54. The van der Waals surface area contributed by atoms with Gasteiger partial charge in [0.25, 0.3) is 0 Å². The van der Waals surface area contributed by atoms with Gasteiger partial charge in [0.15, 0.2) is 0 Å². The summed E-state index contributed by atoms with van der Waals surface area (Å²) in [5.41, 5.74) is 0.661. The Kier molecular flexibility index (Phi) is 3.59. The Morgan fingerprint density at radius 3 is 2.72 bits per heavy atom. The molecule has 1 atom stereocenters. The molecule has 1 fully saturated rings. The fraction of sp³-hybridized carbons (Fsp3) is 0.643. The van der Waals surface area contributed by atoms with E-state index in [1.807, 2.05) is 6.92 Å². The Morgan fingerprint density at radius 2 is 2.11 bits per heavy atom. The zero-order valence-electron chi connectivity index (χ0n) is 11.5. The van der Waals surface area contributed by atoms with Crippen LogP contribution in [0.15, 0.2) is 23.9 Å². The van der Waals surface area contributed by atoms with Crippen molar-refractivity contribution in [3.05, 3.63) is 23.9 Å². The van der Waals surface area contributed by atoms with Crippen LogP contribution in [-0.2, 0) is 9.53 Å². The second-order valence-electron chi connectivity index (χ2n) is 5.60. The highest BCUT2D eigenvalue weighted by molar-refractivity contribution is 5.80. The van der Waals surface area contributed by atoms with Gasteiger partial charge in [-0.1, -0.05) is 12.2 Å². The van der Waals surface area contributed by atoms with E-state index in [4.69, 9.17) is 4.74 Å². The van der Waals surface area contributed by atoms with Crippen LogP contribution in [0.4, 0.5) is 0 Å². The molecule has 4 heteroatoms. The maximum absolute atomic E-state index is 12.2. The van der Waals surface area contributed by atoms with Crippen LogP contribution in [0.2, 0.25) is 0 Å². The van der Waals surface area contributed by atoms with E-state index in [1.54, 1.807) is 0 Å². The number of nitrogens with one attached hydrogen (secondary N) is 1. The molecule has 1 unspecified atom stereocenters. The number of carbonyl (C=O) groups excluding carboxylic acids is 1. The third-order valence-electron chi connectivity index (χ3n) is 4.26. The summed E-state index contributed by atoms with van der Waals surface area (Å²) in [5, 5.41) is 3.37. The molecule has 0 aromatic heterocycles. The number of piperazine rings is 1. The third-order valence-corrected chi connectivity index (χ3v) is 4.26. The van der Waals surface area contributed by atoms with Crippen molar-refractivity contribution in [3.8, 4) is 0 Å². The molecule has 1 aliphatic heterocycles. The average Bonchev–Trinajstić information content (AvgIpc) is 2.39. The van der Waals surface area contributed by atoms with Crippen LogP contribution < -0.4 is 5.32 Å². The van der Waals surface area contributed by atoms with Crippen LogP contribution in [0.25, 0.3) is 0 Å². The maximum Gasteiger partial charge on any atom is 0.321 e. The number of allylic oxidation sites excluding steroid dienone is 3. The van der Waals surface area contributed by atoms with Gasteiger partial charge in [0.05, 0.1) is 27.2 Å². The van der Waals surface area contributed by atoms with Crippen molar-refractivity contribution in [1.82, 2.24) is 5.32 Å². The Bertz CT molecular complexity index is 395. The average molecular weight is 251 g/mol. The first-order chi connectivity index (χ1) is 8.53. The summed E-state index contributed by atoms with van der Waals surface area (Å²) in [7, 11) is 3.69. The van der Waals surface area contributed by atoms with Crippen LogP contribution in [-0.4, -0.2) is 50.8 Å². The molecule has 0 amide bonds. The maximum atomic E-state index is 12.2. The van der Waals surface area contributed by atoms with Gasteiger partial charge in [-0.15, -0.1) is 0 Å². The van der Waals surface area contributed by atoms with Crippen molar-refractivity contribution in [1.29, 1.82) is 0 Å². The van der Waals surface area contributed by atoms with Crippen molar-refractivity contribution in [2.45, 2.75) is 13.3 Å². The minimum absolute atomic E-state index is 0.129. The fourth-order valence-electron chi connectivity index (χ4n) is 3.07. The number of carbonyl (C=O) groups is 1. The number of esters is 1. The molecule has 0 spiro atoms. The summed E-state index contributed by atoms with van der Waals surface area (Å²) in [6, 6.07) is 0. The quantitative estimate of drug-likeness (QED) is 0.589. The number of hydrogen-bond acceptors (Lipinski definition) is 3. The molecule has 1 aliphatic carbocycles. The molecule has 0 radical (unpaired) electrons. The van der Waals surface area contributed by atoms with E-state index in [9.17, 15) is 4.79 Å². The molecule has 100 valence electrons. The van der Waals surface area contributed by atoms with Crippen LogP contribution in [0.1, 0.15) is 13.3 Å². The van der Waals surface area contributed by atoms with Crippen molar-refractivity contribution in [3.63, 3.8) is 0 Å². The van der Waals surface area contributed by atoms with E-state index in [-0.39, 0.29) is 5.97 Å². The lowest BCUT2D eigenvalue weighted by Gasteiger charge is -2.45. The molecule has 2 aliphatic rings. The van der Waals surface area contributed by atoms with Crippen molar-refractivity contribution >= 4 is 5.97 Å². The number of rotatable bonds is 2. The van der Waals surface area contributed by atoms with E-state index in [2.05, 4.69) is 30.6 Å². The summed E-state index contributed by atoms with van der Waals surface area (Å²) in [6.45, 7) is 6.03. The van der Waals surface area contributed by atoms with E-state index >= 15 is 0 Å². The number of quaternary nitrogens is 1. The number of ether oxygens (including phenoxy) is 1. The topological polar surface area (TPSA) is 38.3 Å². The van der Waals surface area contributed by atoms with Gasteiger partial charge >= 0.3 is 5.97 Å². The highest BCUT2D eigenvalue weighted by Gasteiger charge is 2.48. The summed E-state index contributed by atoms with van der Waals surface area (Å²) >= 11 is 0. The normalized spacial score (nSPS) is 30.7. The fourth-order valence-corrected chi connectivity index (χ4v) is 3.07. The van der Waals surface area contributed by atoms with Gasteiger partial charge in [-0.25, -0.2) is 0 Å². The highest BCUT2D eigenvalue weighted by atomic mass is 16.5. The highest BCUT2D eigenvalue weighted by Crippen LogP contribution is 2.40. The summed E-state index contributed by atoms with van der Waals surface area (Å²) < 4.78 is 5.86. The van der Waals surface area contributed by atoms with Crippen molar-refractivity contribution in [2.75, 3.05) is 40.3 Å². The number of nitrogens with zero attached hydrogens (tertiary/aromatic N) is 1. The largest absolute Gasteiger partial charge is 0.468 e. The first kappa shape index (κ1) is 13.3. The molecule has 4 nitrogen and oxygen atoms in total. The number of likely N-dealkylation sites (N-methyl/N-ethyl adjacent to an activating group) is 1. The van der Waals surface area contributed by atoms with Gasteiger partial charge < -0.3 is 10.1 Å². The van der Waals surface area contributed by atoms with Gasteiger partial charge in [-0.2, -0.15) is 0 Å². The molecule has 0 saturated carbocycles. The number of hydrogen-bond donors (Lipinski definition) is 1. The Hall–Kier alpha value is -1.13. The second-order valence-corrected chi connectivity index (χ2v) is 5.60. The molecular formula is C14H23N2O2+. The monoisotopic (exact) mass is 251 g/mol. The standard InChI is InChI=1S/C14H23N2O2/c1-14(13(17)18-3)7-5-4-6-12(14)16(2)10-8-15-9-11-16/h4-6,15H,7-11H2,1-3H3/q+1. The summed E-state index contributed by atoms with van der Waals surface area (Å²) in [6.07, 6.45) is 6.94. The van der Waals surface area contributed by atoms with Crippen molar-refractivity contribution in [2.24, 2.45) is 5.41 Å². The van der Waals surface area contributed by atoms with E-state index in [0.717, 1.165) is 37.1 Å². The lowest BCUT2D eigenvalue weighted by molar-refractivity contribution is -0.879. The predicted octanol–water partition coefficient (Wildman–Crippen LogP) is 1.06. The Balaban J connectivity index is 2.35. The molecule has 2 rings (SSSR count). The van der Waals surface area contributed by atoms with Crippen LogP contribution in [0, 0.1) is 5.41 Å². The predicted molar refractivity (Wildman–Crippen MR) is 70.8 cm³/mol. The Morgan fingerprint density at radius 1 is 1.44 bits per heavy atom. The molecule has 1 N–H and O–H groups in total. The molecule has 1 heterocycles. The van der Waals surface area contributed by atoms with Crippen LogP contribution in [0.3, 0.4) is 0 Å². The van der Waals surface area contributed by atoms with Crippen molar-refractivity contribution < 1.29 is 14.0 Å². The van der Waals surface area contributed by atoms with E-state index in [0.29, 0.717) is 0 Å². The molecule has 1 saturated heterocycles. The SMILES string of the molecule is COC(=O)C1(C)CC=CC=C1[N+]1(C)CCNCC1. The zero-order valence-corrected chi connectivity index (χ0v) is 11.5. The van der Waals surface area contributed by atoms with Gasteiger partial charge in [-0.3, -0.25) is 9.28 Å². The van der Waals surface area contributed by atoms with Crippen LogP contribution in [0.5, 0.6) is 0 Å². The Labute approximate surface area is 109 Å². The van der Waals surface area contributed by atoms with Crippen LogP contribution >= 0.6 is 0 Å². The minimum atomic E-state index is -0.518. The molecule has 0 aromatic rings. The van der Waals surface area contributed by atoms with E-state index < -0.39 is 5.41 Å². The second kappa shape index (κ2) is 4.86. The minimum Gasteiger partial charge on any atom is -0.468 e. The summed E-state index contributed by atoms with van der Waals surface area (Å²) in [5.74, 6) is -0.129. The summed E-state index contributed by atoms with van der Waals surface area (Å²) in [4.78, 5) is 12.2. The molecule has 18 heavy (non-hydrogen) atoms. The smallest absolute Gasteiger partial charge is 0.321 e. The zero-order chi connectivity index (χ0) is 13.2. The first-order valence-corrected chi connectivity index (χ1v) is 6.54. The van der Waals surface area contributed by atoms with Gasteiger partial charge in [0.2, 0.25) is 0 Å². The third kappa shape index (κ3) is 2.10. The van der Waals surface area contributed by atoms with Gasteiger partial charge in [0.1, 0.15) is 11.1 Å². The lowest BCUT2D eigenvalue weighted by Crippen LogP contribution is -2.59. The number of methoxy groups -OCH3 is 1. The molecular weight excluding hydrogens is 228 g/mol. The van der Waals surface area contributed by atoms with Gasteiger partial charge in [-0.05, 0) is 19.4 Å². The molecule has 0 bridgehead atoms.